The number of carbonyl (C=O) groups is 1. The summed E-state index contributed by atoms with van der Waals surface area (Å²) in [7, 11) is 1.90. The van der Waals surface area contributed by atoms with E-state index >= 15 is 0 Å². The number of hydrogen-bond acceptors (Lipinski definition) is 5. The number of piperazine rings is 1. The lowest BCUT2D eigenvalue weighted by atomic mass is 10.2. The second-order valence-electron chi connectivity index (χ2n) is 6.36. The predicted octanol–water partition coefficient (Wildman–Crippen LogP) is 2.78. The molecule has 0 spiro atoms. The molecule has 3 rings (SSSR count). The van der Waals surface area contributed by atoms with Crippen LogP contribution in [0.25, 0.3) is 11.4 Å². The summed E-state index contributed by atoms with van der Waals surface area (Å²) in [5, 5.41) is 9.68. The highest BCUT2D eigenvalue weighted by Crippen LogP contribution is 2.30. The van der Waals surface area contributed by atoms with Crippen LogP contribution in [0.4, 0.5) is 0 Å². The molecule has 0 radical (unpaired) electrons. The number of benzene rings is 1. The van der Waals surface area contributed by atoms with Gasteiger partial charge in [0.1, 0.15) is 0 Å². The van der Waals surface area contributed by atoms with E-state index in [9.17, 15) is 4.79 Å². The van der Waals surface area contributed by atoms with Crippen LogP contribution in [0, 0.1) is 0 Å². The van der Waals surface area contributed by atoms with Gasteiger partial charge in [-0.3, -0.25) is 4.79 Å². The first-order valence-corrected chi connectivity index (χ1v) is 10.1. The first kappa shape index (κ1) is 19.2. The summed E-state index contributed by atoms with van der Waals surface area (Å²) in [5.41, 5.74) is 0.839. The summed E-state index contributed by atoms with van der Waals surface area (Å²) in [6.07, 6.45) is 0. The normalized spacial score (nSPS) is 16.7. The molecule has 8 heteroatoms. The van der Waals surface area contributed by atoms with E-state index in [2.05, 4.69) is 22.0 Å². The lowest BCUT2D eigenvalue weighted by Gasteiger charge is -2.35. The van der Waals surface area contributed by atoms with Crippen LogP contribution < -0.4 is 0 Å². The molecule has 2 heterocycles. The molecule has 26 heavy (non-hydrogen) atoms. The van der Waals surface area contributed by atoms with Gasteiger partial charge in [-0.25, -0.2) is 0 Å². The standard InChI is InChI=1S/C18H24ClN5OS/c1-4-23-9-11-24(12-10-23)17(25)13(2)26-18-21-20-16(22(18)3)14-7-5-6-8-15(14)19/h5-8,13H,4,9-12H2,1-3H3. The topological polar surface area (TPSA) is 54.3 Å². The van der Waals surface area contributed by atoms with Crippen molar-refractivity contribution in [1.82, 2.24) is 24.6 Å². The van der Waals surface area contributed by atoms with Crippen LogP contribution in [0.2, 0.25) is 5.02 Å². The van der Waals surface area contributed by atoms with Gasteiger partial charge >= 0.3 is 0 Å². The Morgan fingerprint density at radius 2 is 1.92 bits per heavy atom. The summed E-state index contributed by atoms with van der Waals surface area (Å²) in [6, 6.07) is 7.56. The quantitative estimate of drug-likeness (QED) is 0.731. The van der Waals surface area contributed by atoms with E-state index in [0.29, 0.717) is 16.0 Å². The zero-order chi connectivity index (χ0) is 18.7. The summed E-state index contributed by atoms with van der Waals surface area (Å²) in [6.45, 7) is 8.60. The van der Waals surface area contributed by atoms with E-state index < -0.39 is 0 Å². The minimum Gasteiger partial charge on any atom is -0.339 e. The van der Waals surface area contributed by atoms with E-state index in [1.54, 1.807) is 0 Å². The van der Waals surface area contributed by atoms with Crippen molar-refractivity contribution >= 4 is 29.3 Å². The van der Waals surface area contributed by atoms with Gasteiger partial charge in [0, 0.05) is 38.8 Å². The van der Waals surface area contributed by atoms with Crippen LogP contribution >= 0.6 is 23.4 Å². The molecule has 1 atom stereocenters. The van der Waals surface area contributed by atoms with Crippen LogP contribution in [0.1, 0.15) is 13.8 Å². The van der Waals surface area contributed by atoms with E-state index in [-0.39, 0.29) is 11.2 Å². The van der Waals surface area contributed by atoms with Crippen molar-refractivity contribution in [3.05, 3.63) is 29.3 Å². The molecular formula is C18H24ClN5OS. The van der Waals surface area contributed by atoms with Crippen molar-refractivity contribution in [3.8, 4) is 11.4 Å². The van der Waals surface area contributed by atoms with Crippen molar-refractivity contribution in [2.45, 2.75) is 24.3 Å². The van der Waals surface area contributed by atoms with E-state index in [4.69, 9.17) is 11.6 Å². The fraction of sp³-hybridized carbons (Fsp3) is 0.500. The average Bonchev–Trinajstić information content (AvgIpc) is 3.02. The Kier molecular flexibility index (Phi) is 6.21. The van der Waals surface area contributed by atoms with Crippen LogP contribution in [-0.4, -0.2) is 68.4 Å². The Morgan fingerprint density at radius 3 is 2.58 bits per heavy atom. The first-order chi connectivity index (χ1) is 12.5. The van der Waals surface area contributed by atoms with E-state index in [1.807, 2.05) is 47.7 Å². The second-order valence-corrected chi connectivity index (χ2v) is 8.08. The van der Waals surface area contributed by atoms with Gasteiger partial charge in [0.15, 0.2) is 11.0 Å². The molecule has 1 amide bonds. The third kappa shape index (κ3) is 4.05. The Hall–Kier alpha value is -1.57. The fourth-order valence-electron chi connectivity index (χ4n) is 3.04. The zero-order valence-corrected chi connectivity index (χ0v) is 16.9. The third-order valence-electron chi connectivity index (χ3n) is 4.71. The fourth-order valence-corrected chi connectivity index (χ4v) is 4.16. The molecule has 6 nitrogen and oxygen atoms in total. The minimum absolute atomic E-state index is 0.160. The Labute approximate surface area is 163 Å². The zero-order valence-electron chi connectivity index (χ0n) is 15.4. The van der Waals surface area contributed by atoms with Crippen LogP contribution in [0.15, 0.2) is 29.4 Å². The maximum atomic E-state index is 12.7. The van der Waals surface area contributed by atoms with Crippen molar-refractivity contribution in [1.29, 1.82) is 0 Å². The molecule has 140 valence electrons. The number of rotatable bonds is 5. The monoisotopic (exact) mass is 393 g/mol. The third-order valence-corrected chi connectivity index (χ3v) is 6.16. The number of carbonyl (C=O) groups excluding carboxylic acids is 1. The maximum absolute atomic E-state index is 12.7. The number of aromatic nitrogens is 3. The summed E-state index contributed by atoms with van der Waals surface area (Å²) in [5.74, 6) is 0.863. The van der Waals surface area contributed by atoms with Gasteiger partial charge in [0.25, 0.3) is 0 Å². The highest BCUT2D eigenvalue weighted by atomic mass is 35.5. The first-order valence-electron chi connectivity index (χ1n) is 8.83. The number of halogens is 1. The van der Waals surface area contributed by atoms with Gasteiger partial charge in [0.05, 0.1) is 10.3 Å². The van der Waals surface area contributed by atoms with E-state index in [0.717, 1.165) is 38.3 Å². The molecule has 1 fully saturated rings. The smallest absolute Gasteiger partial charge is 0.235 e. The molecule has 1 aromatic heterocycles. The number of thioether (sulfide) groups is 1. The number of nitrogens with zero attached hydrogens (tertiary/aromatic N) is 5. The van der Waals surface area contributed by atoms with Gasteiger partial charge in [-0.2, -0.15) is 0 Å². The lowest BCUT2D eigenvalue weighted by Crippen LogP contribution is -2.50. The molecule has 1 aromatic carbocycles. The highest BCUT2D eigenvalue weighted by molar-refractivity contribution is 8.00. The molecule has 2 aromatic rings. The molecule has 1 saturated heterocycles. The lowest BCUT2D eigenvalue weighted by molar-refractivity contribution is -0.132. The van der Waals surface area contributed by atoms with Crippen molar-refractivity contribution in [2.75, 3.05) is 32.7 Å². The van der Waals surface area contributed by atoms with Crippen molar-refractivity contribution < 1.29 is 4.79 Å². The molecule has 1 aliphatic rings. The predicted molar refractivity (Wildman–Crippen MR) is 105 cm³/mol. The molecule has 1 unspecified atom stereocenters. The number of amides is 1. The Morgan fingerprint density at radius 1 is 1.23 bits per heavy atom. The highest BCUT2D eigenvalue weighted by Gasteiger charge is 2.26. The minimum atomic E-state index is -0.204. The van der Waals surface area contributed by atoms with Crippen LogP contribution in [0.3, 0.4) is 0 Å². The molecular weight excluding hydrogens is 370 g/mol. The van der Waals surface area contributed by atoms with Crippen LogP contribution in [-0.2, 0) is 11.8 Å². The second kappa shape index (κ2) is 8.41. The van der Waals surface area contributed by atoms with Crippen LogP contribution in [0.5, 0.6) is 0 Å². The molecule has 0 aliphatic carbocycles. The molecule has 0 saturated carbocycles. The largest absolute Gasteiger partial charge is 0.339 e. The Balaban J connectivity index is 1.68. The summed E-state index contributed by atoms with van der Waals surface area (Å²) < 4.78 is 1.89. The van der Waals surface area contributed by atoms with Gasteiger partial charge in [-0.1, -0.05) is 42.4 Å². The van der Waals surface area contributed by atoms with Gasteiger partial charge in [-0.15, -0.1) is 10.2 Å². The van der Waals surface area contributed by atoms with Crippen molar-refractivity contribution in [3.63, 3.8) is 0 Å². The Bertz CT molecular complexity index is 773. The van der Waals surface area contributed by atoms with Gasteiger partial charge in [0.2, 0.25) is 5.91 Å². The summed E-state index contributed by atoms with van der Waals surface area (Å²) >= 11 is 7.71. The van der Waals surface area contributed by atoms with Crippen molar-refractivity contribution in [2.24, 2.45) is 7.05 Å². The SMILES string of the molecule is CCN1CCN(C(=O)C(C)Sc2nnc(-c3ccccc3Cl)n2C)CC1. The number of likely N-dealkylation sites (N-methyl/N-ethyl adjacent to an activating group) is 1. The van der Waals surface area contributed by atoms with E-state index in [1.165, 1.54) is 11.8 Å². The maximum Gasteiger partial charge on any atom is 0.235 e. The average molecular weight is 394 g/mol. The molecule has 0 N–H and O–H groups in total. The number of hydrogen-bond donors (Lipinski definition) is 0. The summed E-state index contributed by atoms with van der Waals surface area (Å²) in [4.78, 5) is 17.1. The van der Waals surface area contributed by atoms with Gasteiger partial charge < -0.3 is 14.4 Å². The molecule has 1 aliphatic heterocycles. The van der Waals surface area contributed by atoms with Gasteiger partial charge in [-0.05, 0) is 25.6 Å². The molecule has 0 bridgehead atoms.